The molecule has 32 heavy (non-hydrogen) atoms. The van der Waals surface area contributed by atoms with Crippen LogP contribution in [0, 0.1) is 24.2 Å². The average molecular weight is 440 g/mol. The largest absolute Gasteiger partial charge is 0.391 e. The lowest BCUT2D eigenvalue weighted by atomic mass is 9.78. The molecule has 1 aliphatic carbocycles. The van der Waals surface area contributed by atoms with Gasteiger partial charge in [0.25, 0.3) is 0 Å². The SMILES string of the molecule is Cc1c(C(=O)CN2C3CCC2[C@@H](O)C3)cc(CC2CC(F)(F)C2)n1-c1ccc(C#N)cc1. The van der Waals surface area contributed by atoms with Gasteiger partial charge in [0, 0.05) is 47.6 Å². The van der Waals surface area contributed by atoms with Gasteiger partial charge in [0.2, 0.25) is 5.92 Å². The summed E-state index contributed by atoms with van der Waals surface area (Å²) in [7, 11) is 0. The molecule has 2 unspecified atom stereocenters. The van der Waals surface area contributed by atoms with E-state index in [1.165, 1.54) is 0 Å². The standard InChI is InChI=1S/C25H27F2N3O2/c1-15-21(24(32)14-29-19-6-7-22(29)23(31)10-19)9-20(8-17-11-25(26,27)12-17)30(15)18-4-2-16(13-28)3-5-18/h2-5,9,17,19,22-23,31H,6-8,10-12,14H2,1H3/t19?,22?,23-/m0/s1. The smallest absolute Gasteiger partial charge is 0.248 e. The van der Waals surface area contributed by atoms with Gasteiger partial charge in [0.05, 0.1) is 24.3 Å². The molecule has 5 rings (SSSR count). The summed E-state index contributed by atoms with van der Waals surface area (Å²) in [6.45, 7) is 2.16. The molecule has 5 nitrogen and oxygen atoms in total. The Morgan fingerprint density at radius 3 is 2.53 bits per heavy atom. The minimum Gasteiger partial charge on any atom is -0.391 e. The van der Waals surface area contributed by atoms with Crippen LogP contribution >= 0.6 is 0 Å². The number of aliphatic hydroxyl groups is 1. The van der Waals surface area contributed by atoms with E-state index in [0.717, 1.165) is 36.3 Å². The van der Waals surface area contributed by atoms with Crippen molar-refractivity contribution in [3.8, 4) is 11.8 Å². The van der Waals surface area contributed by atoms with E-state index in [1.54, 1.807) is 12.1 Å². The van der Waals surface area contributed by atoms with E-state index >= 15 is 0 Å². The van der Waals surface area contributed by atoms with Crippen molar-refractivity contribution >= 4 is 5.78 Å². The van der Waals surface area contributed by atoms with Crippen molar-refractivity contribution in [1.29, 1.82) is 5.26 Å². The van der Waals surface area contributed by atoms with Gasteiger partial charge in [-0.15, -0.1) is 0 Å². The van der Waals surface area contributed by atoms with E-state index in [0.29, 0.717) is 17.5 Å². The zero-order valence-electron chi connectivity index (χ0n) is 18.1. The summed E-state index contributed by atoms with van der Waals surface area (Å²) in [4.78, 5) is 15.5. The molecular weight excluding hydrogens is 412 g/mol. The number of alkyl halides is 2. The molecule has 7 heteroatoms. The van der Waals surface area contributed by atoms with Crippen LogP contribution in [0.1, 0.15) is 59.4 Å². The van der Waals surface area contributed by atoms with Crippen molar-refractivity contribution < 1.29 is 18.7 Å². The van der Waals surface area contributed by atoms with E-state index in [2.05, 4.69) is 11.0 Å². The summed E-state index contributed by atoms with van der Waals surface area (Å²) in [5, 5.41) is 19.3. The molecule has 1 aromatic heterocycles. The number of nitriles is 1. The van der Waals surface area contributed by atoms with Gasteiger partial charge in [-0.1, -0.05) is 0 Å². The lowest BCUT2D eigenvalue weighted by molar-refractivity contribution is -0.110. The molecule has 0 spiro atoms. The highest BCUT2D eigenvalue weighted by molar-refractivity contribution is 5.99. The molecule has 3 heterocycles. The highest BCUT2D eigenvalue weighted by atomic mass is 19.3. The number of Topliss-reactive ketones (excluding diaryl/α,β-unsaturated/α-hetero) is 1. The molecule has 2 aliphatic heterocycles. The van der Waals surface area contributed by atoms with Gasteiger partial charge in [-0.2, -0.15) is 5.26 Å². The predicted octanol–water partition coefficient (Wildman–Crippen LogP) is 4.03. The third-order valence-corrected chi connectivity index (χ3v) is 7.53. The normalized spacial score (nSPS) is 26.8. The molecule has 2 saturated heterocycles. The lowest BCUT2D eigenvalue weighted by Gasteiger charge is -2.35. The quantitative estimate of drug-likeness (QED) is 0.690. The second-order valence-electron chi connectivity index (χ2n) is 9.66. The first-order chi connectivity index (χ1) is 15.3. The van der Waals surface area contributed by atoms with Crippen molar-refractivity contribution in [2.45, 2.75) is 69.6 Å². The van der Waals surface area contributed by atoms with Crippen molar-refractivity contribution in [1.82, 2.24) is 9.47 Å². The second-order valence-corrected chi connectivity index (χ2v) is 9.66. The molecule has 168 valence electrons. The number of carbonyl (C=O) groups is 1. The van der Waals surface area contributed by atoms with E-state index in [1.807, 2.05) is 29.7 Å². The van der Waals surface area contributed by atoms with Crippen molar-refractivity contribution in [2.24, 2.45) is 5.92 Å². The highest BCUT2D eigenvalue weighted by Crippen LogP contribution is 2.44. The van der Waals surface area contributed by atoms with Gasteiger partial charge in [0.1, 0.15) is 0 Å². The van der Waals surface area contributed by atoms with Crippen LogP contribution in [-0.2, 0) is 6.42 Å². The maximum absolute atomic E-state index is 13.4. The Balaban J connectivity index is 1.45. The summed E-state index contributed by atoms with van der Waals surface area (Å²) in [5.41, 5.74) is 3.60. The van der Waals surface area contributed by atoms with E-state index < -0.39 is 5.92 Å². The molecular formula is C25H27F2N3O2. The van der Waals surface area contributed by atoms with Crippen LogP contribution in [0.3, 0.4) is 0 Å². The zero-order valence-corrected chi connectivity index (χ0v) is 18.1. The van der Waals surface area contributed by atoms with Crippen LogP contribution < -0.4 is 0 Å². The van der Waals surface area contributed by atoms with Crippen LogP contribution in [-0.4, -0.2) is 51.0 Å². The van der Waals surface area contributed by atoms with Gasteiger partial charge in [-0.05, 0) is 68.9 Å². The Kier molecular flexibility index (Phi) is 5.18. The van der Waals surface area contributed by atoms with Crippen molar-refractivity contribution in [3.63, 3.8) is 0 Å². The molecule has 2 bridgehead atoms. The number of nitrogens with zero attached hydrogens (tertiary/aromatic N) is 3. The fraction of sp³-hybridized carbons (Fsp3) is 0.520. The van der Waals surface area contributed by atoms with Crippen LogP contribution in [0.2, 0.25) is 0 Å². The fourth-order valence-corrected chi connectivity index (χ4v) is 5.94. The Labute approximate surface area is 186 Å². The van der Waals surface area contributed by atoms with Gasteiger partial charge >= 0.3 is 0 Å². The summed E-state index contributed by atoms with van der Waals surface area (Å²) in [6, 6.07) is 11.4. The number of carbonyl (C=O) groups excluding carboxylic acids is 1. The van der Waals surface area contributed by atoms with Crippen molar-refractivity contribution in [3.05, 3.63) is 52.8 Å². The molecule has 0 amide bonds. The number of hydrogen-bond acceptors (Lipinski definition) is 4. The molecule has 3 fully saturated rings. The number of halogens is 2. The van der Waals surface area contributed by atoms with Gasteiger partial charge in [-0.3, -0.25) is 9.69 Å². The number of ketones is 1. The first-order valence-electron chi connectivity index (χ1n) is 11.3. The van der Waals surface area contributed by atoms with Gasteiger partial charge in [-0.25, -0.2) is 8.78 Å². The molecule has 1 N–H and O–H groups in total. The highest BCUT2D eigenvalue weighted by Gasteiger charge is 2.47. The third kappa shape index (κ3) is 3.66. The van der Waals surface area contributed by atoms with Crippen LogP contribution in [0.5, 0.6) is 0 Å². The number of hydrogen-bond donors (Lipinski definition) is 1. The molecule has 1 saturated carbocycles. The maximum Gasteiger partial charge on any atom is 0.248 e. The second kappa shape index (κ2) is 7.79. The summed E-state index contributed by atoms with van der Waals surface area (Å²) >= 11 is 0. The lowest BCUT2D eigenvalue weighted by Crippen LogP contribution is -2.36. The number of aromatic nitrogens is 1. The molecule has 3 aliphatic rings. The van der Waals surface area contributed by atoms with Crippen LogP contribution in [0.25, 0.3) is 5.69 Å². The maximum atomic E-state index is 13.4. The summed E-state index contributed by atoms with van der Waals surface area (Å²) in [6.07, 6.45) is 2.54. The number of benzene rings is 1. The van der Waals surface area contributed by atoms with Gasteiger partial charge in [0.15, 0.2) is 5.78 Å². The fourth-order valence-electron chi connectivity index (χ4n) is 5.94. The topological polar surface area (TPSA) is 69.3 Å². The molecule has 1 aromatic carbocycles. The summed E-state index contributed by atoms with van der Waals surface area (Å²) in [5.74, 6) is -2.69. The molecule has 2 aromatic rings. The van der Waals surface area contributed by atoms with E-state index in [-0.39, 0.29) is 49.3 Å². The summed E-state index contributed by atoms with van der Waals surface area (Å²) < 4.78 is 28.8. The Morgan fingerprint density at radius 2 is 1.97 bits per heavy atom. The van der Waals surface area contributed by atoms with E-state index in [4.69, 9.17) is 5.26 Å². The Bertz CT molecular complexity index is 1080. The molecule has 3 atom stereocenters. The first-order valence-corrected chi connectivity index (χ1v) is 11.3. The Morgan fingerprint density at radius 1 is 1.25 bits per heavy atom. The minimum atomic E-state index is -2.58. The number of rotatable bonds is 6. The minimum absolute atomic E-state index is 0.00100. The number of fused-ring (bicyclic) bond motifs is 2. The first kappa shape index (κ1) is 21.3. The Hall–Kier alpha value is -2.56. The van der Waals surface area contributed by atoms with E-state index in [9.17, 15) is 18.7 Å². The third-order valence-electron chi connectivity index (χ3n) is 7.53. The molecule has 0 radical (unpaired) electrons. The predicted molar refractivity (Wildman–Crippen MR) is 115 cm³/mol. The van der Waals surface area contributed by atoms with Crippen LogP contribution in [0.4, 0.5) is 8.78 Å². The average Bonchev–Trinajstić information content (AvgIpc) is 3.36. The number of aliphatic hydroxyl groups excluding tert-OH is 1. The zero-order chi connectivity index (χ0) is 22.6. The van der Waals surface area contributed by atoms with Crippen LogP contribution in [0.15, 0.2) is 30.3 Å². The van der Waals surface area contributed by atoms with Gasteiger partial charge < -0.3 is 9.67 Å². The monoisotopic (exact) mass is 439 g/mol. The van der Waals surface area contributed by atoms with Crippen molar-refractivity contribution in [2.75, 3.05) is 6.54 Å².